The molecule has 5 heteroatoms. The van der Waals surface area contributed by atoms with E-state index < -0.39 is 0 Å². The molecule has 0 radical (unpaired) electrons. The van der Waals surface area contributed by atoms with Gasteiger partial charge < -0.3 is 14.8 Å². The van der Waals surface area contributed by atoms with Gasteiger partial charge in [-0.3, -0.25) is 0 Å². The van der Waals surface area contributed by atoms with Gasteiger partial charge in [-0.2, -0.15) is 4.98 Å². The van der Waals surface area contributed by atoms with Gasteiger partial charge in [0.25, 0.3) is 0 Å². The Kier molecular flexibility index (Phi) is 7.30. The third kappa shape index (κ3) is 6.19. The molecule has 0 bridgehead atoms. The number of nitrogens with zero attached hydrogens (tertiary/aromatic N) is 2. The first-order chi connectivity index (χ1) is 9.52. The number of ether oxygens (including phenoxy) is 2. The van der Waals surface area contributed by atoms with E-state index in [-0.39, 0.29) is 5.92 Å². The van der Waals surface area contributed by atoms with Crippen molar-refractivity contribution in [2.45, 2.75) is 40.5 Å². The molecule has 0 atom stereocenters. The van der Waals surface area contributed by atoms with Gasteiger partial charge >= 0.3 is 0 Å². The Labute approximate surface area is 122 Å². The van der Waals surface area contributed by atoms with Crippen molar-refractivity contribution in [1.29, 1.82) is 0 Å². The van der Waals surface area contributed by atoms with E-state index in [1.807, 2.05) is 13.0 Å². The number of hydrogen-bond donors (Lipinski definition) is 1. The summed E-state index contributed by atoms with van der Waals surface area (Å²) in [6, 6.07) is 1.83. The van der Waals surface area contributed by atoms with E-state index >= 15 is 0 Å². The van der Waals surface area contributed by atoms with Crippen LogP contribution in [0.3, 0.4) is 0 Å². The van der Waals surface area contributed by atoms with E-state index in [1.165, 1.54) is 0 Å². The normalized spacial score (nSPS) is 11.2. The van der Waals surface area contributed by atoms with Crippen LogP contribution in [0.15, 0.2) is 6.07 Å². The summed E-state index contributed by atoms with van der Waals surface area (Å²) in [6.07, 6.45) is 0. The summed E-state index contributed by atoms with van der Waals surface area (Å²) in [7, 11) is 0. The zero-order valence-electron chi connectivity index (χ0n) is 13.3. The zero-order valence-corrected chi connectivity index (χ0v) is 13.3. The summed E-state index contributed by atoms with van der Waals surface area (Å²) in [5.41, 5.74) is 0. The van der Waals surface area contributed by atoms with Gasteiger partial charge in [-0.05, 0) is 12.8 Å². The average molecular weight is 281 g/mol. The number of hydrogen-bond acceptors (Lipinski definition) is 5. The first-order valence-corrected chi connectivity index (χ1v) is 7.36. The fourth-order valence-corrected chi connectivity index (χ4v) is 1.57. The van der Waals surface area contributed by atoms with Crippen molar-refractivity contribution in [2.24, 2.45) is 5.92 Å². The Bertz CT molecular complexity index is 395. The number of nitrogens with one attached hydrogen (secondary N) is 1. The maximum atomic E-state index is 5.65. The molecule has 1 N–H and O–H groups in total. The smallest absolute Gasteiger partial charge is 0.218 e. The topological polar surface area (TPSA) is 56.3 Å². The first-order valence-electron chi connectivity index (χ1n) is 7.36. The van der Waals surface area contributed by atoms with Crippen LogP contribution in [0.25, 0.3) is 0 Å². The predicted molar refractivity (Wildman–Crippen MR) is 81.4 cm³/mol. The van der Waals surface area contributed by atoms with Crippen molar-refractivity contribution in [1.82, 2.24) is 9.97 Å². The maximum absolute atomic E-state index is 5.65. The lowest BCUT2D eigenvalue weighted by Gasteiger charge is -2.12. The fraction of sp³-hybridized carbons (Fsp3) is 0.733. The molecule has 1 rings (SSSR count). The molecule has 0 spiro atoms. The highest BCUT2D eigenvalue weighted by molar-refractivity contribution is 5.38. The van der Waals surface area contributed by atoms with Gasteiger partial charge in [0.15, 0.2) is 0 Å². The highest BCUT2D eigenvalue weighted by Crippen LogP contribution is 2.18. The van der Waals surface area contributed by atoms with Gasteiger partial charge in [0.1, 0.15) is 18.2 Å². The van der Waals surface area contributed by atoms with Crippen LogP contribution < -0.4 is 10.1 Å². The van der Waals surface area contributed by atoms with Gasteiger partial charge in [0.2, 0.25) is 5.88 Å². The van der Waals surface area contributed by atoms with Gasteiger partial charge in [-0.25, -0.2) is 4.98 Å². The van der Waals surface area contributed by atoms with Crippen LogP contribution in [0.4, 0.5) is 5.82 Å². The Morgan fingerprint density at radius 3 is 2.50 bits per heavy atom. The first kappa shape index (κ1) is 16.7. The third-order valence-corrected chi connectivity index (χ3v) is 2.52. The summed E-state index contributed by atoms with van der Waals surface area (Å²) < 4.78 is 11.1. The molecule has 0 aromatic carbocycles. The monoisotopic (exact) mass is 281 g/mol. The largest absolute Gasteiger partial charge is 0.475 e. The second kappa shape index (κ2) is 8.74. The summed E-state index contributed by atoms with van der Waals surface area (Å²) in [6.45, 7) is 13.1. The van der Waals surface area contributed by atoms with Crippen LogP contribution >= 0.6 is 0 Å². The van der Waals surface area contributed by atoms with Gasteiger partial charge in [-0.15, -0.1) is 0 Å². The molecule has 5 nitrogen and oxygen atoms in total. The SMILES string of the molecule is CCNc1cc(OCCOCC(C)C)nc(C(C)C)n1. The van der Waals surface area contributed by atoms with Crippen LogP contribution in [0.1, 0.15) is 46.4 Å². The molecular weight excluding hydrogens is 254 g/mol. The minimum atomic E-state index is 0.271. The zero-order chi connectivity index (χ0) is 15.0. The van der Waals surface area contributed by atoms with Crippen molar-refractivity contribution >= 4 is 5.82 Å². The molecule has 0 amide bonds. The maximum Gasteiger partial charge on any atom is 0.218 e. The number of rotatable bonds is 9. The second-order valence-corrected chi connectivity index (χ2v) is 5.45. The van der Waals surface area contributed by atoms with E-state index in [4.69, 9.17) is 9.47 Å². The molecule has 20 heavy (non-hydrogen) atoms. The van der Waals surface area contributed by atoms with Crippen molar-refractivity contribution in [3.63, 3.8) is 0 Å². The van der Waals surface area contributed by atoms with E-state index in [1.54, 1.807) is 0 Å². The molecule has 1 aromatic heterocycles. The van der Waals surface area contributed by atoms with Crippen LogP contribution in [-0.4, -0.2) is 36.3 Å². The second-order valence-electron chi connectivity index (χ2n) is 5.45. The molecule has 0 aliphatic rings. The van der Waals surface area contributed by atoms with Crippen molar-refractivity contribution < 1.29 is 9.47 Å². The summed E-state index contributed by atoms with van der Waals surface area (Å²) in [5.74, 6) is 3.02. The molecule has 0 saturated carbocycles. The third-order valence-electron chi connectivity index (χ3n) is 2.52. The number of anilines is 1. The molecule has 0 unspecified atom stereocenters. The molecule has 114 valence electrons. The predicted octanol–water partition coefficient (Wildman–Crippen LogP) is 3.08. The lowest BCUT2D eigenvalue weighted by Crippen LogP contribution is -2.12. The fourth-order valence-electron chi connectivity index (χ4n) is 1.57. The van der Waals surface area contributed by atoms with Gasteiger partial charge in [0.05, 0.1) is 6.61 Å². The van der Waals surface area contributed by atoms with Crippen molar-refractivity contribution in [3.05, 3.63) is 11.9 Å². The minimum Gasteiger partial charge on any atom is -0.475 e. The lowest BCUT2D eigenvalue weighted by atomic mass is 10.2. The van der Waals surface area contributed by atoms with Crippen LogP contribution in [0.2, 0.25) is 0 Å². The lowest BCUT2D eigenvalue weighted by molar-refractivity contribution is 0.0805. The molecular formula is C15H27N3O2. The number of aromatic nitrogens is 2. The van der Waals surface area contributed by atoms with Gasteiger partial charge in [-0.1, -0.05) is 27.7 Å². The molecule has 0 saturated heterocycles. The highest BCUT2D eigenvalue weighted by atomic mass is 16.5. The Morgan fingerprint density at radius 2 is 1.90 bits per heavy atom. The quantitative estimate of drug-likeness (QED) is 0.705. The molecule has 1 heterocycles. The molecule has 1 aromatic rings. The van der Waals surface area contributed by atoms with Crippen molar-refractivity contribution in [2.75, 3.05) is 31.7 Å². The van der Waals surface area contributed by atoms with Crippen LogP contribution in [0.5, 0.6) is 5.88 Å². The minimum absolute atomic E-state index is 0.271. The summed E-state index contributed by atoms with van der Waals surface area (Å²) in [5, 5.41) is 3.20. The molecule has 0 fully saturated rings. The van der Waals surface area contributed by atoms with Gasteiger partial charge in [0, 0.05) is 25.1 Å². The standard InChI is InChI=1S/C15H27N3O2/c1-6-16-13-9-14(18-15(17-13)12(4)5)20-8-7-19-10-11(2)3/h9,11-12H,6-8,10H2,1-5H3,(H,16,17,18). The van der Waals surface area contributed by atoms with E-state index in [9.17, 15) is 0 Å². The van der Waals surface area contributed by atoms with E-state index in [2.05, 4.69) is 43.0 Å². The average Bonchev–Trinajstić information content (AvgIpc) is 2.38. The highest BCUT2D eigenvalue weighted by Gasteiger charge is 2.08. The molecule has 0 aliphatic heterocycles. The van der Waals surface area contributed by atoms with Crippen LogP contribution in [0, 0.1) is 5.92 Å². The van der Waals surface area contributed by atoms with Crippen molar-refractivity contribution in [3.8, 4) is 5.88 Å². The Morgan fingerprint density at radius 1 is 1.15 bits per heavy atom. The van der Waals surface area contributed by atoms with Crippen LogP contribution in [-0.2, 0) is 4.74 Å². The summed E-state index contributed by atoms with van der Waals surface area (Å²) in [4.78, 5) is 8.88. The van der Waals surface area contributed by atoms with E-state index in [0.29, 0.717) is 25.0 Å². The summed E-state index contributed by atoms with van der Waals surface area (Å²) >= 11 is 0. The van der Waals surface area contributed by atoms with E-state index in [0.717, 1.165) is 24.8 Å². The molecule has 0 aliphatic carbocycles. The Hall–Kier alpha value is -1.36. The Balaban J connectivity index is 2.55.